The van der Waals surface area contributed by atoms with Crippen molar-refractivity contribution in [2.45, 2.75) is 0 Å². The zero-order chi connectivity index (χ0) is 22.9. The van der Waals surface area contributed by atoms with Crippen molar-refractivity contribution < 1.29 is 14.6 Å². The number of hydrogen-bond acceptors (Lipinski definition) is 6. The molecule has 4 rings (SSSR count). The third kappa shape index (κ3) is 6.33. The molecule has 33 heavy (non-hydrogen) atoms. The summed E-state index contributed by atoms with van der Waals surface area (Å²) < 4.78 is 11.2. The van der Waals surface area contributed by atoms with Crippen molar-refractivity contribution in [3.8, 4) is 11.5 Å². The minimum absolute atomic E-state index is 0.0520. The zero-order valence-corrected chi connectivity index (χ0v) is 18.3. The fraction of sp³-hybridized carbons (Fsp3) is 0.111. The van der Waals surface area contributed by atoms with Gasteiger partial charge < -0.3 is 19.5 Å². The number of benzene rings is 3. The molecule has 3 aromatic carbocycles. The molecule has 6 nitrogen and oxygen atoms in total. The average Bonchev–Trinajstić information content (AvgIpc) is 3.40. The number of aliphatic hydroxyl groups excluding tert-OH is 1. The van der Waals surface area contributed by atoms with Gasteiger partial charge in [-0.15, -0.1) is 0 Å². The van der Waals surface area contributed by atoms with Crippen LogP contribution in [0.3, 0.4) is 0 Å². The number of azo groups is 1. The van der Waals surface area contributed by atoms with Crippen LogP contribution in [-0.4, -0.2) is 25.3 Å². The molecule has 0 saturated heterocycles. The number of likely N-dealkylation sites (N-methyl/N-ethyl adjacent to an activating group) is 1. The van der Waals surface area contributed by atoms with Gasteiger partial charge in [-0.3, -0.25) is 0 Å². The molecule has 0 aliphatic heterocycles. The third-order valence-electron chi connectivity index (χ3n) is 4.96. The standard InChI is InChI=1S/C27H25N3O3/c1-30(19-20-32-27(31)21-7-5-6-8-21)24-15-11-22(12-16-24)28-29-23-13-17-26(18-14-23)33-25-9-3-2-4-10-25/h2-18,31H,19-20H2,1H3. The van der Waals surface area contributed by atoms with Gasteiger partial charge in [-0.25, -0.2) is 0 Å². The molecule has 6 heteroatoms. The molecular formula is C27H25N3O3. The maximum Gasteiger partial charge on any atom is 0.284 e. The summed E-state index contributed by atoms with van der Waals surface area (Å²) in [5.41, 5.74) is 3.21. The van der Waals surface area contributed by atoms with Gasteiger partial charge in [0, 0.05) is 12.7 Å². The summed E-state index contributed by atoms with van der Waals surface area (Å²) in [5.74, 6) is 1.49. The summed E-state index contributed by atoms with van der Waals surface area (Å²) in [5, 5.41) is 18.5. The summed E-state index contributed by atoms with van der Waals surface area (Å²) in [6.45, 7) is 1.00. The van der Waals surface area contributed by atoms with E-state index in [0.29, 0.717) is 18.7 Å². The minimum Gasteiger partial charge on any atom is -0.481 e. The first-order valence-electron chi connectivity index (χ1n) is 10.6. The first-order chi connectivity index (χ1) is 16.2. The number of hydrogen-bond donors (Lipinski definition) is 1. The van der Waals surface area contributed by atoms with Gasteiger partial charge >= 0.3 is 0 Å². The van der Waals surface area contributed by atoms with Crippen LogP contribution in [0.2, 0.25) is 0 Å². The molecule has 0 bridgehead atoms. The Morgan fingerprint density at radius 1 is 0.788 bits per heavy atom. The number of aliphatic hydroxyl groups is 1. The molecule has 0 atom stereocenters. The predicted octanol–water partition coefficient (Wildman–Crippen LogP) is 7.24. The molecule has 0 unspecified atom stereocenters. The topological polar surface area (TPSA) is 66.7 Å². The normalized spacial score (nSPS) is 12.3. The van der Waals surface area contributed by atoms with Gasteiger partial charge in [0.25, 0.3) is 5.95 Å². The van der Waals surface area contributed by atoms with Crippen LogP contribution in [0.4, 0.5) is 17.1 Å². The lowest BCUT2D eigenvalue weighted by Gasteiger charge is -2.19. The maximum absolute atomic E-state index is 9.91. The lowest BCUT2D eigenvalue weighted by Crippen LogP contribution is -2.22. The van der Waals surface area contributed by atoms with E-state index in [-0.39, 0.29) is 5.95 Å². The number of allylic oxidation sites excluding steroid dienone is 5. The molecule has 3 aromatic rings. The number of nitrogens with zero attached hydrogens (tertiary/aromatic N) is 3. The fourth-order valence-electron chi connectivity index (χ4n) is 3.10. The van der Waals surface area contributed by atoms with E-state index in [2.05, 4.69) is 10.2 Å². The Labute approximate surface area is 193 Å². The Hall–Kier alpha value is -4.32. The third-order valence-corrected chi connectivity index (χ3v) is 4.96. The first-order valence-corrected chi connectivity index (χ1v) is 10.6. The molecule has 1 aliphatic carbocycles. The Bertz CT molecular complexity index is 1150. The lowest BCUT2D eigenvalue weighted by atomic mass is 10.2. The Morgan fingerprint density at radius 3 is 2.00 bits per heavy atom. The van der Waals surface area contributed by atoms with Crippen LogP contribution in [0, 0.1) is 0 Å². The van der Waals surface area contributed by atoms with E-state index in [1.165, 1.54) is 0 Å². The maximum atomic E-state index is 9.91. The van der Waals surface area contributed by atoms with Gasteiger partial charge in [0.15, 0.2) is 0 Å². The fourth-order valence-corrected chi connectivity index (χ4v) is 3.10. The SMILES string of the molecule is CN(CCOC(O)=C1C=CC=C1)c1ccc(N=Nc2ccc(Oc3ccccc3)cc2)cc1. The molecule has 0 spiro atoms. The highest BCUT2D eigenvalue weighted by molar-refractivity contribution is 5.52. The number of anilines is 1. The van der Waals surface area contributed by atoms with E-state index < -0.39 is 0 Å². The second-order valence-electron chi connectivity index (χ2n) is 7.37. The van der Waals surface area contributed by atoms with Crippen molar-refractivity contribution in [2.24, 2.45) is 10.2 Å². The average molecular weight is 440 g/mol. The minimum atomic E-state index is -0.0520. The summed E-state index contributed by atoms with van der Waals surface area (Å²) in [7, 11) is 1.97. The largest absolute Gasteiger partial charge is 0.481 e. The zero-order valence-electron chi connectivity index (χ0n) is 18.3. The van der Waals surface area contributed by atoms with Crippen molar-refractivity contribution in [1.29, 1.82) is 0 Å². The van der Waals surface area contributed by atoms with Gasteiger partial charge in [0.2, 0.25) is 0 Å². The number of ether oxygens (including phenoxy) is 2. The van der Waals surface area contributed by atoms with Gasteiger partial charge in [-0.05, 0) is 72.8 Å². The van der Waals surface area contributed by atoms with Crippen LogP contribution in [0.5, 0.6) is 11.5 Å². The van der Waals surface area contributed by atoms with Gasteiger partial charge in [0.1, 0.15) is 18.1 Å². The molecule has 1 N–H and O–H groups in total. The predicted molar refractivity (Wildman–Crippen MR) is 131 cm³/mol. The van der Waals surface area contributed by atoms with Crippen LogP contribution in [0.25, 0.3) is 0 Å². The molecule has 0 aromatic heterocycles. The van der Waals surface area contributed by atoms with Gasteiger partial charge in [-0.1, -0.05) is 30.4 Å². The Kier molecular flexibility index (Phi) is 7.18. The molecule has 0 fully saturated rings. The van der Waals surface area contributed by atoms with Gasteiger partial charge in [-0.2, -0.15) is 10.2 Å². The van der Waals surface area contributed by atoms with Crippen molar-refractivity contribution in [3.05, 3.63) is 115 Å². The summed E-state index contributed by atoms with van der Waals surface area (Å²) in [6.07, 6.45) is 7.32. The molecular weight excluding hydrogens is 414 g/mol. The van der Waals surface area contributed by atoms with Crippen molar-refractivity contribution in [3.63, 3.8) is 0 Å². The van der Waals surface area contributed by atoms with Crippen LogP contribution < -0.4 is 9.64 Å². The highest BCUT2D eigenvalue weighted by Gasteiger charge is 2.06. The second-order valence-corrected chi connectivity index (χ2v) is 7.37. The molecule has 1 aliphatic rings. The second kappa shape index (κ2) is 10.8. The van der Waals surface area contributed by atoms with E-state index in [4.69, 9.17) is 9.47 Å². The van der Waals surface area contributed by atoms with Crippen LogP contribution in [-0.2, 0) is 4.74 Å². The number of para-hydroxylation sites is 1. The monoisotopic (exact) mass is 439 g/mol. The molecule has 0 saturated carbocycles. The van der Waals surface area contributed by atoms with E-state index >= 15 is 0 Å². The highest BCUT2D eigenvalue weighted by Crippen LogP contribution is 2.26. The van der Waals surface area contributed by atoms with Crippen molar-refractivity contribution >= 4 is 17.1 Å². The molecule has 0 radical (unpaired) electrons. The summed E-state index contributed by atoms with van der Waals surface area (Å²) in [6, 6.07) is 24.9. The Morgan fingerprint density at radius 2 is 1.36 bits per heavy atom. The van der Waals surface area contributed by atoms with Crippen molar-refractivity contribution in [1.82, 2.24) is 0 Å². The van der Waals surface area contributed by atoms with Gasteiger partial charge in [0.05, 0.1) is 23.5 Å². The van der Waals surface area contributed by atoms with E-state index in [0.717, 1.165) is 28.6 Å². The van der Waals surface area contributed by atoms with Crippen LogP contribution in [0.15, 0.2) is 125 Å². The molecule has 166 valence electrons. The summed E-state index contributed by atoms with van der Waals surface area (Å²) >= 11 is 0. The highest BCUT2D eigenvalue weighted by atomic mass is 16.6. The molecule has 0 amide bonds. The van der Waals surface area contributed by atoms with E-state index in [1.807, 2.05) is 103 Å². The van der Waals surface area contributed by atoms with Crippen LogP contribution >= 0.6 is 0 Å². The Balaban J connectivity index is 1.27. The smallest absolute Gasteiger partial charge is 0.284 e. The quantitative estimate of drug-likeness (QED) is 0.282. The first kappa shape index (κ1) is 21.9. The van der Waals surface area contributed by atoms with E-state index in [9.17, 15) is 5.11 Å². The van der Waals surface area contributed by atoms with E-state index in [1.54, 1.807) is 12.2 Å². The lowest BCUT2D eigenvalue weighted by molar-refractivity contribution is 0.0958. The van der Waals surface area contributed by atoms with Crippen molar-refractivity contribution in [2.75, 3.05) is 25.1 Å². The molecule has 0 heterocycles. The summed E-state index contributed by atoms with van der Waals surface area (Å²) in [4.78, 5) is 2.05. The number of rotatable bonds is 9. The van der Waals surface area contributed by atoms with Crippen LogP contribution in [0.1, 0.15) is 0 Å².